The zero-order valence-electron chi connectivity index (χ0n) is 16.3. The van der Waals surface area contributed by atoms with Crippen molar-refractivity contribution in [3.05, 3.63) is 35.4 Å². The summed E-state index contributed by atoms with van der Waals surface area (Å²) in [6, 6.07) is 4.02. The lowest BCUT2D eigenvalue weighted by Gasteiger charge is -2.12. The third-order valence-corrected chi connectivity index (χ3v) is 4.87. The van der Waals surface area contributed by atoms with Crippen LogP contribution in [-0.4, -0.2) is 51.0 Å². The Hall–Kier alpha value is -1.000. The fourth-order valence-corrected chi connectivity index (χ4v) is 3.38. The zero-order chi connectivity index (χ0) is 19.1. The normalized spacial score (nSPS) is 24.0. The van der Waals surface area contributed by atoms with Gasteiger partial charge < -0.3 is 20.1 Å². The Morgan fingerprint density at radius 2 is 2.11 bits per heavy atom. The average Bonchev–Trinajstić information content (AvgIpc) is 3.17. The number of nitrogens with zero attached hydrogens (tertiary/aromatic N) is 1. The van der Waals surface area contributed by atoms with Gasteiger partial charge in [-0.3, -0.25) is 4.99 Å². The van der Waals surface area contributed by atoms with E-state index in [1.807, 2.05) is 6.92 Å². The summed E-state index contributed by atoms with van der Waals surface area (Å²) >= 11 is 0. The van der Waals surface area contributed by atoms with Crippen LogP contribution in [0, 0.1) is 11.6 Å². The van der Waals surface area contributed by atoms with E-state index in [4.69, 9.17) is 9.47 Å². The van der Waals surface area contributed by atoms with E-state index in [0.29, 0.717) is 32.1 Å². The third-order valence-electron chi connectivity index (χ3n) is 4.87. The molecule has 8 heteroatoms. The molecule has 158 valence electrons. The van der Waals surface area contributed by atoms with Crippen LogP contribution in [0.1, 0.15) is 44.1 Å². The summed E-state index contributed by atoms with van der Waals surface area (Å²) in [4.78, 5) is 4.53. The van der Waals surface area contributed by atoms with Crippen LogP contribution >= 0.6 is 24.0 Å². The first-order valence-electron chi connectivity index (χ1n) is 9.87. The first kappa shape index (κ1) is 23.3. The van der Waals surface area contributed by atoms with Crippen LogP contribution in [0.5, 0.6) is 0 Å². The van der Waals surface area contributed by atoms with Gasteiger partial charge >= 0.3 is 0 Å². The maximum absolute atomic E-state index is 13.9. The number of hydrogen-bond donors (Lipinski definition) is 2. The zero-order valence-corrected chi connectivity index (χ0v) is 18.6. The van der Waals surface area contributed by atoms with E-state index in [-0.39, 0.29) is 47.6 Å². The second-order valence-electron chi connectivity index (χ2n) is 7.05. The molecule has 0 amide bonds. The molecule has 2 fully saturated rings. The quantitative estimate of drug-likeness (QED) is 0.231. The molecule has 1 saturated carbocycles. The summed E-state index contributed by atoms with van der Waals surface area (Å²) in [6.45, 7) is 5.49. The predicted octanol–water partition coefficient (Wildman–Crippen LogP) is 3.58. The molecule has 2 N–H and O–H groups in total. The first-order chi connectivity index (χ1) is 13.2. The third kappa shape index (κ3) is 6.81. The molecule has 0 radical (unpaired) electrons. The minimum atomic E-state index is -0.477. The average molecular weight is 509 g/mol. The Bertz CT molecular complexity index is 622. The Labute approximate surface area is 182 Å². The van der Waals surface area contributed by atoms with Crippen LogP contribution in [0.25, 0.3) is 0 Å². The van der Waals surface area contributed by atoms with Gasteiger partial charge in [0.05, 0.1) is 12.7 Å². The molecule has 5 nitrogen and oxygen atoms in total. The molecule has 1 aromatic carbocycles. The van der Waals surface area contributed by atoms with E-state index >= 15 is 0 Å². The van der Waals surface area contributed by atoms with Gasteiger partial charge in [-0.05, 0) is 44.7 Å². The Balaban J connectivity index is 0.00000280. The summed E-state index contributed by atoms with van der Waals surface area (Å²) < 4.78 is 38.9. The van der Waals surface area contributed by atoms with Crippen molar-refractivity contribution in [3.63, 3.8) is 0 Å². The number of hydrogen-bond acceptors (Lipinski definition) is 3. The summed E-state index contributed by atoms with van der Waals surface area (Å²) in [5.74, 6) is -0.421. The molecule has 3 unspecified atom stereocenters. The van der Waals surface area contributed by atoms with E-state index < -0.39 is 11.6 Å². The lowest BCUT2D eigenvalue weighted by molar-refractivity contribution is 0.0171. The number of rotatable bonds is 9. The summed E-state index contributed by atoms with van der Waals surface area (Å²) in [7, 11) is 0. The minimum Gasteiger partial charge on any atom is -0.379 e. The van der Waals surface area contributed by atoms with Gasteiger partial charge in [0.15, 0.2) is 5.96 Å². The Morgan fingerprint density at radius 3 is 2.79 bits per heavy atom. The van der Waals surface area contributed by atoms with Crippen molar-refractivity contribution >= 4 is 29.9 Å². The van der Waals surface area contributed by atoms with Crippen LogP contribution < -0.4 is 10.6 Å². The fourth-order valence-electron chi connectivity index (χ4n) is 3.38. The summed E-state index contributed by atoms with van der Waals surface area (Å²) in [6.07, 6.45) is 3.97. The van der Waals surface area contributed by atoms with Crippen molar-refractivity contribution in [2.75, 3.05) is 32.9 Å². The van der Waals surface area contributed by atoms with Gasteiger partial charge in [-0.25, -0.2) is 8.78 Å². The molecule has 2 aliphatic rings. The number of nitrogens with one attached hydrogen (secondary N) is 2. The molecule has 0 spiro atoms. The Morgan fingerprint density at radius 1 is 1.32 bits per heavy atom. The van der Waals surface area contributed by atoms with Gasteiger partial charge in [0, 0.05) is 43.8 Å². The van der Waals surface area contributed by atoms with Crippen LogP contribution in [0.4, 0.5) is 8.78 Å². The summed E-state index contributed by atoms with van der Waals surface area (Å²) in [5.41, 5.74) is 0.174. The lowest BCUT2D eigenvalue weighted by Crippen LogP contribution is -2.39. The van der Waals surface area contributed by atoms with E-state index in [1.165, 1.54) is 18.2 Å². The van der Waals surface area contributed by atoms with Gasteiger partial charge in [0.2, 0.25) is 0 Å². The van der Waals surface area contributed by atoms with E-state index in [0.717, 1.165) is 32.4 Å². The van der Waals surface area contributed by atoms with Gasteiger partial charge in [0.1, 0.15) is 11.6 Å². The minimum absolute atomic E-state index is 0. The van der Waals surface area contributed by atoms with Crippen LogP contribution in [-0.2, 0) is 9.47 Å². The largest absolute Gasteiger partial charge is 0.379 e. The van der Waals surface area contributed by atoms with Gasteiger partial charge in [0.25, 0.3) is 0 Å². The number of guanidine groups is 1. The second-order valence-corrected chi connectivity index (χ2v) is 7.05. The molecule has 1 saturated heterocycles. The van der Waals surface area contributed by atoms with Gasteiger partial charge in [-0.15, -0.1) is 24.0 Å². The van der Waals surface area contributed by atoms with Crippen LogP contribution in [0.3, 0.4) is 0 Å². The van der Waals surface area contributed by atoms with Crippen molar-refractivity contribution in [1.82, 2.24) is 10.6 Å². The Kier molecular flexibility index (Phi) is 9.87. The second kappa shape index (κ2) is 11.9. The molecule has 28 heavy (non-hydrogen) atoms. The van der Waals surface area contributed by atoms with Crippen molar-refractivity contribution in [1.29, 1.82) is 0 Å². The molecule has 3 atom stereocenters. The SMILES string of the molecule is CCNC(=NCCCOCC1CCCO1)NC1CC1c1c(F)cccc1F.I. The number of aliphatic imine (C=N–C) groups is 1. The maximum Gasteiger partial charge on any atom is 0.191 e. The topological polar surface area (TPSA) is 54.9 Å². The fraction of sp³-hybridized carbons (Fsp3) is 0.650. The highest BCUT2D eigenvalue weighted by atomic mass is 127. The highest BCUT2D eigenvalue weighted by Crippen LogP contribution is 2.43. The highest BCUT2D eigenvalue weighted by Gasteiger charge is 2.42. The van der Waals surface area contributed by atoms with Crippen LogP contribution in [0.2, 0.25) is 0 Å². The predicted molar refractivity (Wildman–Crippen MR) is 116 cm³/mol. The van der Waals surface area contributed by atoms with Crippen molar-refractivity contribution in [2.24, 2.45) is 4.99 Å². The molecule has 3 rings (SSSR count). The maximum atomic E-state index is 13.9. The molecule has 1 aliphatic carbocycles. The standard InChI is InChI=1S/C20H29F2N3O2.HI/c1-2-23-20(24-9-5-10-26-13-14-6-4-11-27-14)25-18-12-15(18)19-16(21)7-3-8-17(19)22;/h3,7-8,14-15,18H,2,4-6,9-13H2,1H3,(H2,23,24,25);1H. The van der Waals surface area contributed by atoms with Gasteiger partial charge in [-0.2, -0.15) is 0 Å². The smallest absolute Gasteiger partial charge is 0.191 e. The van der Waals surface area contributed by atoms with Crippen molar-refractivity contribution < 1.29 is 18.3 Å². The van der Waals surface area contributed by atoms with E-state index in [1.54, 1.807) is 0 Å². The van der Waals surface area contributed by atoms with E-state index in [2.05, 4.69) is 15.6 Å². The highest BCUT2D eigenvalue weighted by molar-refractivity contribution is 14.0. The molecular formula is C20H30F2IN3O2. The monoisotopic (exact) mass is 509 g/mol. The number of ether oxygens (including phenoxy) is 2. The molecule has 1 aliphatic heterocycles. The molecule has 0 aromatic heterocycles. The molecular weight excluding hydrogens is 479 g/mol. The van der Waals surface area contributed by atoms with E-state index in [9.17, 15) is 8.78 Å². The number of halogens is 3. The van der Waals surface area contributed by atoms with Crippen molar-refractivity contribution in [3.8, 4) is 0 Å². The molecule has 1 heterocycles. The first-order valence-corrected chi connectivity index (χ1v) is 9.87. The number of benzene rings is 1. The van der Waals surface area contributed by atoms with Gasteiger partial charge in [-0.1, -0.05) is 6.07 Å². The van der Waals surface area contributed by atoms with Crippen LogP contribution in [0.15, 0.2) is 23.2 Å². The molecule has 1 aromatic rings. The van der Waals surface area contributed by atoms with Crippen molar-refractivity contribution in [2.45, 2.75) is 50.7 Å². The summed E-state index contributed by atoms with van der Waals surface area (Å²) in [5, 5.41) is 6.46. The lowest BCUT2D eigenvalue weighted by atomic mass is 10.1. The molecule has 0 bridgehead atoms.